The zero-order valence-corrected chi connectivity index (χ0v) is 12.6. The molecule has 0 radical (unpaired) electrons. The summed E-state index contributed by atoms with van der Waals surface area (Å²) in [6.45, 7) is 1.01. The highest BCUT2D eigenvalue weighted by molar-refractivity contribution is 4.88. The van der Waals surface area contributed by atoms with Crippen LogP contribution < -0.4 is 0 Å². The maximum absolute atomic E-state index is 9.73. The number of ether oxygens (including phenoxy) is 4. The summed E-state index contributed by atoms with van der Waals surface area (Å²) in [5.74, 6) is 0. The third-order valence-electron chi connectivity index (χ3n) is 3.13. The van der Waals surface area contributed by atoms with Gasteiger partial charge in [0.1, 0.15) is 24.4 Å². The molecular weight excluding hydrogens is 314 g/mol. The third-order valence-corrected chi connectivity index (χ3v) is 3.13. The first kappa shape index (κ1) is 20.0. The normalized spacial score (nSPS) is 30.9. The van der Waals surface area contributed by atoms with Crippen LogP contribution in [0.3, 0.4) is 0 Å². The van der Waals surface area contributed by atoms with E-state index in [1.54, 1.807) is 0 Å². The minimum atomic E-state index is -1.46. The predicted molar refractivity (Wildman–Crippen MR) is 75.4 cm³/mol. The van der Waals surface area contributed by atoms with Gasteiger partial charge in [0.15, 0.2) is 6.29 Å². The van der Waals surface area contributed by atoms with Crippen molar-refractivity contribution in [2.75, 3.05) is 46.2 Å². The van der Waals surface area contributed by atoms with Crippen LogP contribution in [0.5, 0.6) is 0 Å². The van der Waals surface area contributed by atoms with Gasteiger partial charge in [0.2, 0.25) is 0 Å². The van der Waals surface area contributed by atoms with Crippen LogP contribution in [0.2, 0.25) is 0 Å². The van der Waals surface area contributed by atoms with Gasteiger partial charge >= 0.3 is 0 Å². The average Bonchev–Trinajstić information content (AvgIpc) is 2.56. The molecule has 1 rings (SSSR count). The van der Waals surface area contributed by atoms with Gasteiger partial charge in [0.05, 0.1) is 39.6 Å². The van der Waals surface area contributed by atoms with E-state index in [9.17, 15) is 15.3 Å². The van der Waals surface area contributed by atoms with Crippen molar-refractivity contribution >= 4 is 0 Å². The fraction of sp³-hybridized carbons (Fsp3) is 1.00. The molecule has 1 heterocycles. The summed E-state index contributed by atoms with van der Waals surface area (Å²) in [7, 11) is 0. The maximum Gasteiger partial charge on any atom is 0.186 e. The van der Waals surface area contributed by atoms with E-state index in [1.807, 2.05) is 0 Å². The maximum atomic E-state index is 9.73. The molecule has 0 aromatic heterocycles. The zero-order valence-electron chi connectivity index (χ0n) is 12.6. The molecule has 0 bridgehead atoms. The van der Waals surface area contributed by atoms with Crippen LogP contribution in [-0.2, 0) is 18.9 Å². The molecule has 0 spiro atoms. The number of azide groups is 1. The van der Waals surface area contributed by atoms with Crippen LogP contribution >= 0.6 is 0 Å². The Balaban J connectivity index is 2.09. The Labute approximate surface area is 133 Å². The fourth-order valence-electron chi connectivity index (χ4n) is 1.90. The molecule has 1 aliphatic rings. The minimum Gasteiger partial charge on any atom is -0.394 e. The molecule has 0 aromatic rings. The lowest BCUT2D eigenvalue weighted by atomic mass is 9.99. The average molecular weight is 337 g/mol. The lowest BCUT2D eigenvalue weighted by Gasteiger charge is -2.39. The van der Waals surface area contributed by atoms with Gasteiger partial charge in [0, 0.05) is 11.5 Å². The van der Waals surface area contributed by atoms with E-state index in [2.05, 4.69) is 10.0 Å². The molecule has 0 aliphatic carbocycles. The van der Waals surface area contributed by atoms with Gasteiger partial charge in [-0.2, -0.15) is 0 Å². The topological polar surface area (TPSA) is 167 Å². The highest BCUT2D eigenvalue weighted by Gasteiger charge is 2.43. The highest BCUT2D eigenvalue weighted by Crippen LogP contribution is 2.21. The zero-order chi connectivity index (χ0) is 17.1. The summed E-state index contributed by atoms with van der Waals surface area (Å²) in [5, 5.41) is 41.2. The van der Waals surface area contributed by atoms with Crippen LogP contribution in [-0.4, -0.2) is 97.3 Å². The Hall–Kier alpha value is -1.01. The Morgan fingerprint density at radius 3 is 2.26 bits per heavy atom. The number of aliphatic hydroxyl groups excluding tert-OH is 4. The Bertz CT molecular complexity index is 366. The quantitative estimate of drug-likeness (QED) is 0.147. The number of rotatable bonds is 11. The summed E-state index contributed by atoms with van der Waals surface area (Å²) in [4.78, 5) is 2.58. The molecular formula is C12H23N3O8. The van der Waals surface area contributed by atoms with E-state index in [1.165, 1.54) is 0 Å². The summed E-state index contributed by atoms with van der Waals surface area (Å²) in [6, 6.07) is 0. The van der Waals surface area contributed by atoms with Crippen molar-refractivity contribution in [3.63, 3.8) is 0 Å². The molecule has 0 amide bonds. The second-order valence-corrected chi connectivity index (χ2v) is 4.75. The molecule has 1 unspecified atom stereocenters. The summed E-state index contributed by atoms with van der Waals surface area (Å²) in [6.07, 6.45) is -6.44. The van der Waals surface area contributed by atoms with E-state index in [-0.39, 0.29) is 19.8 Å². The van der Waals surface area contributed by atoms with Gasteiger partial charge in [0.25, 0.3) is 0 Å². The van der Waals surface area contributed by atoms with Gasteiger partial charge in [-0.1, -0.05) is 5.11 Å². The molecule has 23 heavy (non-hydrogen) atoms. The Morgan fingerprint density at radius 1 is 0.957 bits per heavy atom. The third kappa shape index (κ3) is 6.96. The van der Waals surface area contributed by atoms with Crippen molar-refractivity contribution in [3.05, 3.63) is 10.4 Å². The van der Waals surface area contributed by atoms with Crippen molar-refractivity contribution in [2.24, 2.45) is 5.11 Å². The number of hydrogen-bond donors (Lipinski definition) is 4. The van der Waals surface area contributed by atoms with Crippen molar-refractivity contribution in [1.29, 1.82) is 0 Å². The molecule has 5 atom stereocenters. The van der Waals surface area contributed by atoms with E-state index in [4.69, 9.17) is 29.6 Å². The van der Waals surface area contributed by atoms with Gasteiger partial charge in [-0.05, 0) is 5.53 Å². The lowest BCUT2D eigenvalue weighted by molar-refractivity contribution is -0.302. The molecule has 4 N–H and O–H groups in total. The smallest absolute Gasteiger partial charge is 0.186 e. The number of aliphatic hydroxyl groups is 4. The second kappa shape index (κ2) is 11.5. The number of nitrogens with zero attached hydrogens (tertiary/aromatic N) is 3. The van der Waals surface area contributed by atoms with Crippen LogP contribution in [0.1, 0.15) is 0 Å². The van der Waals surface area contributed by atoms with Gasteiger partial charge in [-0.3, -0.25) is 0 Å². The van der Waals surface area contributed by atoms with Crippen LogP contribution in [0, 0.1) is 0 Å². The molecule has 134 valence electrons. The van der Waals surface area contributed by atoms with Gasteiger partial charge in [-0.25, -0.2) is 0 Å². The molecule has 1 fully saturated rings. The fourth-order valence-corrected chi connectivity index (χ4v) is 1.90. The SMILES string of the molecule is [N-]=[N+]=NCCOCCOCCOC1O[C@H](CO)[C@@H](O)[C@H](O)[C@H]1O. The van der Waals surface area contributed by atoms with Crippen LogP contribution in [0.25, 0.3) is 10.4 Å². The molecule has 11 heteroatoms. The minimum absolute atomic E-state index is 0.0847. The highest BCUT2D eigenvalue weighted by atomic mass is 16.7. The molecule has 1 saturated heterocycles. The van der Waals surface area contributed by atoms with E-state index < -0.39 is 37.3 Å². The predicted octanol–water partition coefficient (Wildman–Crippen LogP) is -1.85. The summed E-state index contributed by atoms with van der Waals surface area (Å²) < 4.78 is 20.7. The first-order valence-electron chi connectivity index (χ1n) is 7.20. The molecule has 0 aromatic carbocycles. The van der Waals surface area contributed by atoms with E-state index >= 15 is 0 Å². The van der Waals surface area contributed by atoms with Gasteiger partial charge in [-0.15, -0.1) is 0 Å². The first-order chi connectivity index (χ1) is 11.1. The molecule has 0 saturated carbocycles. The lowest BCUT2D eigenvalue weighted by Crippen LogP contribution is -2.59. The molecule has 1 aliphatic heterocycles. The van der Waals surface area contributed by atoms with Crippen molar-refractivity contribution in [2.45, 2.75) is 30.7 Å². The standard InChI is InChI=1S/C12H23N3O8/c13-15-14-1-2-20-3-4-21-5-6-22-12-11(19)10(18)9(17)8(7-16)23-12/h8-12,16-19H,1-7H2/t8-,9-,10+,11-,12?/m1/s1. The largest absolute Gasteiger partial charge is 0.394 e. The second-order valence-electron chi connectivity index (χ2n) is 4.75. The van der Waals surface area contributed by atoms with Crippen molar-refractivity contribution in [1.82, 2.24) is 0 Å². The first-order valence-corrected chi connectivity index (χ1v) is 7.20. The monoisotopic (exact) mass is 337 g/mol. The van der Waals surface area contributed by atoms with E-state index in [0.717, 1.165) is 0 Å². The Kier molecular flexibility index (Phi) is 10.0. The van der Waals surface area contributed by atoms with Gasteiger partial charge < -0.3 is 39.4 Å². The Morgan fingerprint density at radius 2 is 1.61 bits per heavy atom. The van der Waals surface area contributed by atoms with Crippen molar-refractivity contribution < 1.29 is 39.4 Å². The summed E-state index contributed by atoms with van der Waals surface area (Å²) in [5.41, 5.74) is 8.05. The molecule has 11 nitrogen and oxygen atoms in total. The van der Waals surface area contributed by atoms with Crippen molar-refractivity contribution in [3.8, 4) is 0 Å². The number of hydrogen-bond acceptors (Lipinski definition) is 9. The van der Waals surface area contributed by atoms with Crippen LogP contribution in [0.15, 0.2) is 5.11 Å². The van der Waals surface area contributed by atoms with Crippen LogP contribution in [0.4, 0.5) is 0 Å². The van der Waals surface area contributed by atoms with E-state index in [0.29, 0.717) is 19.8 Å². The summed E-state index contributed by atoms with van der Waals surface area (Å²) >= 11 is 0.